The minimum atomic E-state index is -4.53. The summed E-state index contributed by atoms with van der Waals surface area (Å²) in [5.74, 6) is -0.189. The Morgan fingerprint density at radius 1 is 1.24 bits per heavy atom. The predicted molar refractivity (Wildman–Crippen MR) is 91.0 cm³/mol. The maximum atomic E-state index is 12.8. The first-order chi connectivity index (χ1) is 11.7. The van der Waals surface area contributed by atoms with Crippen LogP contribution in [0.15, 0.2) is 36.4 Å². The van der Waals surface area contributed by atoms with Crippen LogP contribution < -0.4 is 15.8 Å². The van der Waals surface area contributed by atoms with E-state index < -0.39 is 17.6 Å². The summed E-state index contributed by atoms with van der Waals surface area (Å²) in [7, 11) is 0. The van der Waals surface area contributed by atoms with Crippen molar-refractivity contribution in [2.24, 2.45) is 0 Å². The number of benzene rings is 2. The zero-order valence-corrected chi connectivity index (χ0v) is 14.0. The number of rotatable bonds is 5. The zero-order chi connectivity index (χ0) is 18.6. The van der Waals surface area contributed by atoms with Gasteiger partial charge in [0.1, 0.15) is 5.75 Å². The Morgan fingerprint density at radius 3 is 2.56 bits per heavy atom. The highest BCUT2D eigenvalue weighted by molar-refractivity contribution is 6.34. The molecule has 2 aromatic rings. The molecule has 2 aromatic carbocycles. The van der Waals surface area contributed by atoms with Gasteiger partial charge in [0.05, 0.1) is 28.6 Å². The van der Waals surface area contributed by atoms with Gasteiger partial charge >= 0.3 is 6.18 Å². The Kier molecular flexibility index (Phi) is 5.79. The molecular formula is C17H16ClF3N2O2. The summed E-state index contributed by atoms with van der Waals surface area (Å²) < 4.78 is 43.7. The molecule has 0 saturated heterocycles. The highest BCUT2D eigenvalue weighted by Crippen LogP contribution is 2.34. The first kappa shape index (κ1) is 18.9. The molecule has 4 nitrogen and oxygen atoms in total. The summed E-state index contributed by atoms with van der Waals surface area (Å²) in [6, 6.07) is 7.10. The molecule has 134 valence electrons. The van der Waals surface area contributed by atoms with Gasteiger partial charge in [-0.15, -0.1) is 0 Å². The fourth-order valence-corrected chi connectivity index (χ4v) is 2.19. The van der Waals surface area contributed by atoms with Crippen LogP contribution in [0.5, 0.6) is 5.75 Å². The average Bonchev–Trinajstić information content (AvgIpc) is 2.54. The monoisotopic (exact) mass is 372 g/mol. The molecule has 0 saturated carbocycles. The fourth-order valence-electron chi connectivity index (χ4n) is 2.03. The second kappa shape index (κ2) is 7.65. The second-order valence-corrected chi connectivity index (χ2v) is 5.65. The van der Waals surface area contributed by atoms with Gasteiger partial charge in [-0.1, -0.05) is 18.5 Å². The van der Waals surface area contributed by atoms with E-state index in [9.17, 15) is 18.0 Å². The molecule has 8 heteroatoms. The Bertz CT molecular complexity index is 779. The standard InChI is InChI=1S/C17H16ClF3N2O2/c1-2-7-25-15-6-3-10(8-13(15)22)16(24)23-14-9-11(17(19,20)21)4-5-12(14)18/h3-6,8-9H,2,7,22H2,1H3,(H,23,24). The van der Waals surface area contributed by atoms with E-state index in [1.165, 1.54) is 18.2 Å². The quantitative estimate of drug-likeness (QED) is 0.727. The van der Waals surface area contributed by atoms with Crippen LogP contribution in [-0.4, -0.2) is 12.5 Å². The van der Waals surface area contributed by atoms with Gasteiger partial charge in [-0.25, -0.2) is 0 Å². The van der Waals surface area contributed by atoms with Gasteiger partial charge in [0.25, 0.3) is 5.91 Å². The summed E-state index contributed by atoms with van der Waals surface area (Å²) in [4.78, 5) is 12.3. The number of hydrogen-bond donors (Lipinski definition) is 2. The molecule has 3 N–H and O–H groups in total. The summed E-state index contributed by atoms with van der Waals surface area (Å²) in [5.41, 5.74) is 5.22. The molecule has 0 unspecified atom stereocenters. The van der Waals surface area contributed by atoms with E-state index in [1.807, 2.05) is 6.92 Å². The molecule has 0 fully saturated rings. The highest BCUT2D eigenvalue weighted by atomic mass is 35.5. The lowest BCUT2D eigenvalue weighted by molar-refractivity contribution is -0.137. The number of carbonyl (C=O) groups is 1. The largest absolute Gasteiger partial charge is 0.491 e. The maximum Gasteiger partial charge on any atom is 0.416 e. The SMILES string of the molecule is CCCOc1ccc(C(=O)Nc2cc(C(F)(F)F)ccc2Cl)cc1N. The van der Waals surface area contributed by atoms with Crippen molar-refractivity contribution in [2.45, 2.75) is 19.5 Å². The molecule has 0 atom stereocenters. The first-order valence-corrected chi connectivity index (χ1v) is 7.80. The minimum Gasteiger partial charge on any atom is -0.491 e. The Morgan fingerprint density at radius 2 is 1.96 bits per heavy atom. The number of carbonyl (C=O) groups excluding carboxylic acids is 1. The van der Waals surface area contributed by atoms with Gasteiger partial charge in [0.15, 0.2) is 0 Å². The van der Waals surface area contributed by atoms with Gasteiger partial charge < -0.3 is 15.8 Å². The molecule has 0 aliphatic rings. The highest BCUT2D eigenvalue weighted by Gasteiger charge is 2.31. The summed E-state index contributed by atoms with van der Waals surface area (Å²) in [6.45, 7) is 2.42. The Hall–Kier alpha value is -2.41. The van der Waals surface area contributed by atoms with E-state index in [2.05, 4.69) is 5.32 Å². The summed E-state index contributed by atoms with van der Waals surface area (Å²) in [5, 5.41) is 2.36. The van der Waals surface area contributed by atoms with E-state index in [0.29, 0.717) is 12.4 Å². The molecule has 25 heavy (non-hydrogen) atoms. The van der Waals surface area contributed by atoms with Crippen molar-refractivity contribution in [3.63, 3.8) is 0 Å². The lowest BCUT2D eigenvalue weighted by Gasteiger charge is -2.13. The van der Waals surface area contributed by atoms with Crippen LogP contribution in [-0.2, 0) is 6.18 Å². The third-order valence-electron chi connectivity index (χ3n) is 3.28. The van der Waals surface area contributed by atoms with E-state index in [1.54, 1.807) is 0 Å². The Labute approximate surface area is 147 Å². The van der Waals surface area contributed by atoms with Crippen molar-refractivity contribution < 1.29 is 22.7 Å². The summed E-state index contributed by atoms with van der Waals surface area (Å²) in [6.07, 6.45) is -3.73. The third kappa shape index (κ3) is 4.79. The lowest BCUT2D eigenvalue weighted by atomic mass is 10.1. The van der Waals surface area contributed by atoms with E-state index in [-0.39, 0.29) is 22.0 Å². The molecule has 0 aliphatic carbocycles. The molecule has 0 radical (unpaired) electrons. The van der Waals surface area contributed by atoms with Gasteiger partial charge in [0.2, 0.25) is 0 Å². The number of alkyl halides is 3. The Balaban J connectivity index is 2.21. The van der Waals surface area contributed by atoms with Gasteiger partial charge in [0, 0.05) is 5.56 Å². The molecule has 0 aromatic heterocycles. The van der Waals surface area contributed by atoms with Crippen molar-refractivity contribution in [2.75, 3.05) is 17.7 Å². The van der Waals surface area contributed by atoms with E-state index >= 15 is 0 Å². The van der Waals surface area contributed by atoms with Crippen LogP contribution >= 0.6 is 11.6 Å². The van der Waals surface area contributed by atoms with Crippen LogP contribution in [0, 0.1) is 0 Å². The van der Waals surface area contributed by atoms with Crippen LogP contribution in [0.1, 0.15) is 29.3 Å². The summed E-state index contributed by atoms with van der Waals surface area (Å²) >= 11 is 5.86. The van der Waals surface area contributed by atoms with Crippen molar-refractivity contribution in [3.05, 3.63) is 52.5 Å². The fraction of sp³-hybridized carbons (Fsp3) is 0.235. The molecule has 0 spiro atoms. The van der Waals surface area contributed by atoms with Crippen molar-refractivity contribution in [1.29, 1.82) is 0 Å². The van der Waals surface area contributed by atoms with E-state index in [4.69, 9.17) is 22.1 Å². The number of hydrogen-bond acceptors (Lipinski definition) is 3. The number of halogens is 4. The van der Waals surface area contributed by atoms with Gasteiger partial charge in [-0.3, -0.25) is 4.79 Å². The number of anilines is 2. The van der Waals surface area contributed by atoms with Crippen LogP contribution in [0.2, 0.25) is 5.02 Å². The lowest BCUT2D eigenvalue weighted by Crippen LogP contribution is -2.14. The normalized spacial score (nSPS) is 11.2. The zero-order valence-electron chi connectivity index (χ0n) is 13.3. The number of nitrogens with one attached hydrogen (secondary N) is 1. The minimum absolute atomic E-state index is 0.00257. The van der Waals surface area contributed by atoms with Crippen molar-refractivity contribution in [1.82, 2.24) is 0 Å². The van der Waals surface area contributed by atoms with Gasteiger partial charge in [-0.2, -0.15) is 13.2 Å². The van der Waals surface area contributed by atoms with E-state index in [0.717, 1.165) is 24.6 Å². The van der Waals surface area contributed by atoms with Crippen LogP contribution in [0.4, 0.5) is 24.5 Å². The second-order valence-electron chi connectivity index (χ2n) is 5.25. The molecule has 2 rings (SSSR count). The maximum absolute atomic E-state index is 12.8. The van der Waals surface area contributed by atoms with Crippen LogP contribution in [0.25, 0.3) is 0 Å². The predicted octanol–water partition coefficient (Wildman–Crippen LogP) is 4.98. The number of nitrogen functional groups attached to an aromatic ring is 1. The number of ether oxygens (including phenoxy) is 1. The third-order valence-corrected chi connectivity index (χ3v) is 3.61. The number of nitrogens with two attached hydrogens (primary N) is 1. The topological polar surface area (TPSA) is 64.3 Å². The molecule has 1 amide bonds. The van der Waals surface area contributed by atoms with Crippen molar-refractivity contribution >= 4 is 28.9 Å². The van der Waals surface area contributed by atoms with Crippen molar-refractivity contribution in [3.8, 4) is 5.75 Å². The molecular weight excluding hydrogens is 357 g/mol. The molecule has 0 aliphatic heterocycles. The first-order valence-electron chi connectivity index (χ1n) is 7.42. The average molecular weight is 373 g/mol. The smallest absolute Gasteiger partial charge is 0.416 e. The van der Waals surface area contributed by atoms with Gasteiger partial charge in [-0.05, 0) is 42.8 Å². The molecule has 0 bridgehead atoms. The molecule has 0 heterocycles. The van der Waals surface area contributed by atoms with Crippen LogP contribution in [0.3, 0.4) is 0 Å². The number of amides is 1.